The largest absolute Gasteiger partial charge is 0.366 e. The van der Waals surface area contributed by atoms with Crippen molar-refractivity contribution in [3.8, 4) is 0 Å². The summed E-state index contributed by atoms with van der Waals surface area (Å²) >= 11 is 0. The second-order valence-corrected chi connectivity index (χ2v) is 5.45. The van der Waals surface area contributed by atoms with Crippen molar-refractivity contribution in [3.63, 3.8) is 0 Å². The summed E-state index contributed by atoms with van der Waals surface area (Å²) in [6.07, 6.45) is 0. The van der Waals surface area contributed by atoms with Crippen molar-refractivity contribution in [2.24, 2.45) is 0 Å². The Bertz CT molecular complexity index is 403. The van der Waals surface area contributed by atoms with Crippen LogP contribution in [0.15, 0.2) is 18.2 Å². The Labute approximate surface area is 111 Å². The molecule has 1 aromatic carbocycles. The van der Waals surface area contributed by atoms with Crippen molar-refractivity contribution in [2.45, 2.75) is 26.4 Å². The lowest BCUT2D eigenvalue weighted by Crippen LogP contribution is -2.50. The molecule has 18 heavy (non-hydrogen) atoms. The van der Waals surface area contributed by atoms with E-state index in [-0.39, 0.29) is 0 Å². The minimum Gasteiger partial charge on any atom is -0.366 e. The molecule has 1 N–H and O–H groups in total. The molecule has 0 amide bonds. The molecule has 1 aliphatic rings. The van der Waals surface area contributed by atoms with Gasteiger partial charge in [0.25, 0.3) is 0 Å². The molecule has 0 aromatic heterocycles. The highest BCUT2D eigenvalue weighted by Crippen LogP contribution is 2.23. The fourth-order valence-corrected chi connectivity index (χ4v) is 2.77. The van der Waals surface area contributed by atoms with Crippen LogP contribution < -0.4 is 10.2 Å². The van der Waals surface area contributed by atoms with E-state index in [4.69, 9.17) is 0 Å². The molecule has 1 aliphatic heterocycles. The summed E-state index contributed by atoms with van der Waals surface area (Å²) in [6, 6.07) is 7.45. The second kappa shape index (κ2) is 5.72. The van der Waals surface area contributed by atoms with E-state index < -0.39 is 0 Å². The van der Waals surface area contributed by atoms with E-state index in [2.05, 4.69) is 54.2 Å². The van der Waals surface area contributed by atoms with Crippen molar-refractivity contribution in [2.75, 3.05) is 38.6 Å². The summed E-state index contributed by atoms with van der Waals surface area (Å²) < 4.78 is 0. The maximum atomic E-state index is 3.22. The van der Waals surface area contributed by atoms with E-state index in [0.29, 0.717) is 6.04 Å². The van der Waals surface area contributed by atoms with E-state index in [1.165, 1.54) is 16.8 Å². The highest BCUT2D eigenvalue weighted by Gasteiger charge is 2.21. The molecular weight excluding hydrogens is 222 g/mol. The minimum absolute atomic E-state index is 0.596. The van der Waals surface area contributed by atoms with Gasteiger partial charge < -0.3 is 15.1 Å². The molecule has 100 valence electrons. The van der Waals surface area contributed by atoms with Crippen LogP contribution >= 0.6 is 0 Å². The van der Waals surface area contributed by atoms with E-state index in [9.17, 15) is 0 Å². The quantitative estimate of drug-likeness (QED) is 0.879. The molecule has 3 heteroatoms. The smallest absolute Gasteiger partial charge is 0.0389 e. The van der Waals surface area contributed by atoms with Crippen molar-refractivity contribution < 1.29 is 0 Å². The van der Waals surface area contributed by atoms with Crippen LogP contribution in [0.3, 0.4) is 0 Å². The monoisotopic (exact) mass is 247 g/mol. The number of nitrogens with zero attached hydrogens (tertiary/aromatic N) is 2. The number of hydrogen-bond donors (Lipinski definition) is 1. The zero-order chi connectivity index (χ0) is 13.1. The summed E-state index contributed by atoms with van der Waals surface area (Å²) in [4.78, 5) is 4.93. The Morgan fingerprint density at radius 3 is 2.72 bits per heavy atom. The molecule has 0 bridgehead atoms. The fourth-order valence-electron chi connectivity index (χ4n) is 2.77. The second-order valence-electron chi connectivity index (χ2n) is 5.45. The molecule has 3 nitrogen and oxygen atoms in total. The molecule has 0 spiro atoms. The lowest BCUT2D eigenvalue weighted by Gasteiger charge is -2.40. The third-order valence-corrected chi connectivity index (χ3v) is 3.86. The molecule has 1 atom stereocenters. The number of likely N-dealkylation sites (N-methyl/N-ethyl adjacent to an activating group) is 1. The summed E-state index contributed by atoms with van der Waals surface area (Å²) in [5.74, 6) is 0. The zero-order valence-electron chi connectivity index (χ0n) is 12.0. The van der Waals surface area contributed by atoms with E-state index in [1.54, 1.807) is 0 Å². The summed E-state index contributed by atoms with van der Waals surface area (Å²) in [5, 5.41) is 3.22. The van der Waals surface area contributed by atoms with Crippen LogP contribution in [0.1, 0.15) is 18.1 Å². The van der Waals surface area contributed by atoms with Crippen LogP contribution in [0.2, 0.25) is 0 Å². The van der Waals surface area contributed by atoms with Gasteiger partial charge in [0.15, 0.2) is 0 Å². The van der Waals surface area contributed by atoms with Gasteiger partial charge in [-0.25, -0.2) is 0 Å². The lowest BCUT2D eigenvalue weighted by molar-refractivity contribution is 0.275. The lowest BCUT2D eigenvalue weighted by atomic mass is 10.1. The standard InChI is InChI=1S/C15H25N3/c1-12-9-15(6-5-14(12)10-16-3)18-8-7-17(4)11-13(18)2/h5-6,9,13,16H,7-8,10-11H2,1-4H3. The van der Waals surface area contributed by atoms with Gasteiger partial charge in [-0.05, 0) is 51.2 Å². The number of piperazine rings is 1. The Morgan fingerprint density at radius 2 is 2.11 bits per heavy atom. The number of rotatable bonds is 3. The maximum Gasteiger partial charge on any atom is 0.0389 e. The van der Waals surface area contributed by atoms with E-state index in [1.807, 2.05) is 7.05 Å². The third-order valence-electron chi connectivity index (χ3n) is 3.86. The van der Waals surface area contributed by atoms with E-state index in [0.717, 1.165) is 26.2 Å². The van der Waals surface area contributed by atoms with Gasteiger partial charge in [0.2, 0.25) is 0 Å². The number of hydrogen-bond acceptors (Lipinski definition) is 3. The van der Waals surface area contributed by atoms with Crippen LogP contribution in [0.5, 0.6) is 0 Å². The van der Waals surface area contributed by atoms with Gasteiger partial charge in [0.1, 0.15) is 0 Å². The Morgan fingerprint density at radius 1 is 1.33 bits per heavy atom. The van der Waals surface area contributed by atoms with Crippen molar-refractivity contribution in [3.05, 3.63) is 29.3 Å². The van der Waals surface area contributed by atoms with Gasteiger partial charge in [-0.3, -0.25) is 0 Å². The molecule has 1 unspecified atom stereocenters. The SMILES string of the molecule is CNCc1ccc(N2CCN(C)CC2C)cc1C. The first-order valence-corrected chi connectivity index (χ1v) is 6.81. The Kier molecular flexibility index (Phi) is 4.25. The third kappa shape index (κ3) is 2.85. The summed E-state index contributed by atoms with van der Waals surface area (Å²) in [5.41, 5.74) is 4.14. The molecule has 0 radical (unpaired) electrons. The van der Waals surface area contributed by atoms with Gasteiger partial charge >= 0.3 is 0 Å². The maximum absolute atomic E-state index is 3.22. The number of nitrogens with one attached hydrogen (secondary N) is 1. The van der Waals surface area contributed by atoms with Crippen molar-refractivity contribution in [1.29, 1.82) is 0 Å². The van der Waals surface area contributed by atoms with Gasteiger partial charge in [-0.1, -0.05) is 6.07 Å². The van der Waals surface area contributed by atoms with E-state index >= 15 is 0 Å². The van der Waals surface area contributed by atoms with Crippen LogP contribution in [0, 0.1) is 6.92 Å². The highest BCUT2D eigenvalue weighted by molar-refractivity contribution is 5.52. The Hall–Kier alpha value is -1.06. The van der Waals surface area contributed by atoms with Crippen LogP contribution in [0.4, 0.5) is 5.69 Å². The van der Waals surface area contributed by atoms with Crippen molar-refractivity contribution >= 4 is 5.69 Å². The molecule has 1 heterocycles. The van der Waals surface area contributed by atoms with Gasteiger partial charge in [-0.15, -0.1) is 0 Å². The first-order chi connectivity index (χ1) is 8.61. The normalized spacial score (nSPS) is 21.3. The number of anilines is 1. The number of aryl methyl sites for hydroxylation is 1. The molecule has 1 aromatic rings. The van der Waals surface area contributed by atoms with Gasteiger partial charge in [-0.2, -0.15) is 0 Å². The predicted molar refractivity (Wildman–Crippen MR) is 78.2 cm³/mol. The van der Waals surface area contributed by atoms with Crippen LogP contribution in [-0.4, -0.2) is 44.7 Å². The minimum atomic E-state index is 0.596. The molecule has 0 saturated carbocycles. The first kappa shape index (κ1) is 13.4. The fraction of sp³-hybridized carbons (Fsp3) is 0.600. The van der Waals surface area contributed by atoms with Crippen LogP contribution in [-0.2, 0) is 6.54 Å². The molecule has 1 saturated heterocycles. The zero-order valence-corrected chi connectivity index (χ0v) is 12.0. The highest BCUT2D eigenvalue weighted by atomic mass is 15.3. The first-order valence-electron chi connectivity index (χ1n) is 6.81. The summed E-state index contributed by atoms with van der Waals surface area (Å²) in [7, 11) is 4.20. The van der Waals surface area contributed by atoms with Gasteiger partial charge in [0.05, 0.1) is 0 Å². The average molecular weight is 247 g/mol. The topological polar surface area (TPSA) is 18.5 Å². The molecule has 1 fully saturated rings. The molecule has 2 rings (SSSR count). The molecule has 0 aliphatic carbocycles. The van der Waals surface area contributed by atoms with Crippen LogP contribution in [0.25, 0.3) is 0 Å². The summed E-state index contributed by atoms with van der Waals surface area (Å²) in [6.45, 7) is 8.90. The Balaban J connectivity index is 2.16. The average Bonchev–Trinajstić information content (AvgIpc) is 2.32. The van der Waals surface area contributed by atoms with Crippen molar-refractivity contribution in [1.82, 2.24) is 10.2 Å². The number of benzene rings is 1. The molecular formula is C15H25N3. The predicted octanol–water partition coefficient (Wildman–Crippen LogP) is 1.85. The van der Waals surface area contributed by atoms with Gasteiger partial charge in [0, 0.05) is 37.9 Å².